The molecule has 2 aromatic heterocycles. The number of thiophene rings is 1. The maximum absolute atomic E-state index is 6.22. The lowest BCUT2D eigenvalue weighted by atomic mass is 10.0. The third-order valence-electron chi connectivity index (χ3n) is 3.07. The Hall–Kier alpha value is -1.71. The van der Waals surface area contributed by atoms with E-state index in [0.29, 0.717) is 0 Å². The van der Waals surface area contributed by atoms with Crippen molar-refractivity contribution < 1.29 is 0 Å². The molecule has 0 fully saturated rings. The van der Waals surface area contributed by atoms with E-state index in [1.807, 2.05) is 18.2 Å². The number of pyridine rings is 1. The summed E-state index contributed by atoms with van der Waals surface area (Å²) in [5.41, 5.74) is 8.48. The van der Waals surface area contributed by atoms with Gasteiger partial charge in [0.15, 0.2) is 0 Å². The molecule has 0 spiro atoms. The predicted molar refractivity (Wildman–Crippen MR) is 76.7 cm³/mol. The first-order chi connectivity index (χ1) is 8.84. The van der Waals surface area contributed by atoms with Gasteiger partial charge in [-0.2, -0.15) is 0 Å². The van der Waals surface area contributed by atoms with Crippen molar-refractivity contribution in [3.63, 3.8) is 0 Å². The van der Waals surface area contributed by atoms with Gasteiger partial charge in [-0.15, -0.1) is 11.3 Å². The molecule has 1 atom stereocenters. The first-order valence-electron chi connectivity index (χ1n) is 5.96. The van der Waals surface area contributed by atoms with Gasteiger partial charge in [0.2, 0.25) is 0 Å². The van der Waals surface area contributed by atoms with E-state index in [-0.39, 0.29) is 6.04 Å². The van der Waals surface area contributed by atoms with Gasteiger partial charge in [0.05, 0.1) is 11.7 Å². The van der Waals surface area contributed by atoms with Crippen molar-refractivity contribution in [2.75, 3.05) is 0 Å². The van der Waals surface area contributed by atoms with E-state index >= 15 is 0 Å². The summed E-state index contributed by atoms with van der Waals surface area (Å²) in [6, 6.07) is 14.3. The molecule has 0 saturated heterocycles. The Kier molecular flexibility index (Phi) is 3.09. The van der Waals surface area contributed by atoms with Crippen molar-refractivity contribution in [2.24, 2.45) is 5.73 Å². The lowest BCUT2D eigenvalue weighted by molar-refractivity contribution is 0.700. The van der Waals surface area contributed by atoms with E-state index in [1.165, 1.54) is 15.6 Å². The molecule has 0 aliphatic heterocycles. The Balaban J connectivity index is 1.89. The zero-order valence-corrected chi connectivity index (χ0v) is 10.7. The van der Waals surface area contributed by atoms with E-state index in [4.69, 9.17) is 5.73 Å². The summed E-state index contributed by atoms with van der Waals surface area (Å²) in [5, 5.41) is 3.52. The van der Waals surface area contributed by atoms with Crippen LogP contribution >= 0.6 is 11.3 Å². The van der Waals surface area contributed by atoms with E-state index in [2.05, 4.69) is 34.6 Å². The fraction of sp³-hybridized carbons (Fsp3) is 0.133. The summed E-state index contributed by atoms with van der Waals surface area (Å²) in [6.45, 7) is 0. The standard InChI is InChI=1S/C15H14N2S/c16-13(14-6-3-4-8-17-14)9-11-10-18-15-7-2-1-5-12(11)15/h1-8,10,13H,9,16H2. The summed E-state index contributed by atoms with van der Waals surface area (Å²) < 4.78 is 1.32. The third kappa shape index (κ3) is 2.15. The molecule has 3 heteroatoms. The van der Waals surface area contributed by atoms with Crippen LogP contribution in [0.25, 0.3) is 10.1 Å². The van der Waals surface area contributed by atoms with Crippen LogP contribution in [-0.2, 0) is 6.42 Å². The molecule has 0 aliphatic rings. The number of aromatic nitrogens is 1. The molecule has 0 radical (unpaired) electrons. The van der Waals surface area contributed by atoms with Gasteiger partial charge < -0.3 is 5.73 Å². The lowest BCUT2D eigenvalue weighted by Gasteiger charge is -2.10. The zero-order valence-electron chi connectivity index (χ0n) is 9.91. The second-order valence-electron chi connectivity index (χ2n) is 4.32. The molecule has 2 nitrogen and oxygen atoms in total. The van der Waals surface area contributed by atoms with Crippen LogP contribution in [0.3, 0.4) is 0 Å². The number of fused-ring (bicyclic) bond motifs is 1. The van der Waals surface area contributed by atoms with Crippen LogP contribution < -0.4 is 5.73 Å². The normalized spacial score (nSPS) is 12.7. The second-order valence-corrected chi connectivity index (χ2v) is 5.23. The smallest absolute Gasteiger partial charge is 0.0574 e. The van der Waals surface area contributed by atoms with Crippen molar-refractivity contribution >= 4 is 21.4 Å². The Labute approximate surface area is 110 Å². The lowest BCUT2D eigenvalue weighted by Crippen LogP contribution is -2.14. The molecule has 2 N–H and O–H groups in total. The van der Waals surface area contributed by atoms with Gasteiger partial charge in [0.25, 0.3) is 0 Å². The molecule has 1 unspecified atom stereocenters. The van der Waals surface area contributed by atoms with Gasteiger partial charge in [-0.05, 0) is 40.9 Å². The van der Waals surface area contributed by atoms with Gasteiger partial charge in [0.1, 0.15) is 0 Å². The highest BCUT2D eigenvalue weighted by Crippen LogP contribution is 2.28. The fourth-order valence-corrected chi connectivity index (χ4v) is 3.10. The number of benzene rings is 1. The summed E-state index contributed by atoms with van der Waals surface area (Å²) in [5.74, 6) is 0. The molecule has 3 rings (SSSR count). The van der Waals surface area contributed by atoms with E-state index < -0.39 is 0 Å². The minimum Gasteiger partial charge on any atom is -0.322 e. The number of hydrogen-bond donors (Lipinski definition) is 1. The number of hydrogen-bond acceptors (Lipinski definition) is 3. The number of rotatable bonds is 3. The van der Waals surface area contributed by atoms with E-state index in [0.717, 1.165) is 12.1 Å². The summed E-state index contributed by atoms with van der Waals surface area (Å²) >= 11 is 1.78. The summed E-state index contributed by atoms with van der Waals surface area (Å²) in [7, 11) is 0. The molecule has 0 saturated carbocycles. The van der Waals surface area contributed by atoms with Crippen LogP contribution in [0.15, 0.2) is 54.0 Å². The van der Waals surface area contributed by atoms with Gasteiger partial charge in [-0.1, -0.05) is 24.3 Å². The van der Waals surface area contributed by atoms with Crippen LogP contribution in [0.2, 0.25) is 0 Å². The predicted octanol–water partition coefficient (Wildman–Crippen LogP) is 3.54. The summed E-state index contributed by atoms with van der Waals surface area (Å²) in [6.07, 6.45) is 2.63. The van der Waals surface area contributed by atoms with Crippen LogP contribution in [0.5, 0.6) is 0 Å². The maximum Gasteiger partial charge on any atom is 0.0574 e. The largest absolute Gasteiger partial charge is 0.322 e. The Morgan fingerprint density at radius 1 is 1.11 bits per heavy atom. The molecule has 0 amide bonds. The molecule has 2 heterocycles. The Morgan fingerprint density at radius 2 is 1.94 bits per heavy atom. The molecular weight excluding hydrogens is 240 g/mol. The highest BCUT2D eigenvalue weighted by molar-refractivity contribution is 7.17. The molecular formula is C15H14N2S. The zero-order chi connectivity index (χ0) is 12.4. The average Bonchev–Trinajstić information content (AvgIpc) is 2.83. The van der Waals surface area contributed by atoms with Gasteiger partial charge in [0, 0.05) is 10.9 Å². The highest BCUT2D eigenvalue weighted by atomic mass is 32.1. The highest BCUT2D eigenvalue weighted by Gasteiger charge is 2.11. The van der Waals surface area contributed by atoms with Crippen molar-refractivity contribution in [3.05, 3.63) is 65.3 Å². The van der Waals surface area contributed by atoms with Crippen LogP contribution in [0.4, 0.5) is 0 Å². The quantitative estimate of drug-likeness (QED) is 0.776. The molecule has 0 aliphatic carbocycles. The maximum atomic E-state index is 6.22. The summed E-state index contributed by atoms with van der Waals surface area (Å²) in [4.78, 5) is 4.32. The topological polar surface area (TPSA) is 38.9 Å². The third-order valence-corrected chi connectivity index (χ3v) is 4.08. The average molecular weight is 254 g/mol. The Bertz CT molecular complexity index is 646. The first-order valence-corrected chi connectivity index (χ1v) is 6.84. The van der Waals surface area contributed by atoms with E-state index in [1.54, 1.807) is 17.5 Å². The molecule has 90 valence electrons. The Morgan fingerprint density at radius 3 is 2.78 bits per heavy atom. The van der Waals surface area contributed by atoms with Crippen LogP contribution in [0, 0.1) is 0 Å². The molecule has 0 bridgehead atoms. The van der Waals surface area contributed by atoms with Gasteiger partial charge >= 0.3 is 0 Å². The number of nitrogens with two attached hydrogens (primary N) is 1. The molecule has 18 heavy (non-hydrogen) atoms. The fourth-order valence-electron chi connectivity index (χ4n) is 2.13. The van der Waals surface area contributed by atoms with Crippen molar-refractivity contribution in [2.45, 2.75) is 12.5 Å². The van der Waals surface area contributed by atoms with Crippen LogP contribution in [-0.4, -0.2) is 4.98 Å². The first kappa shape index (κ1) is 11.4. The SMILES string of the molecule is NC(Cc1csc2ccccc12)c1ccccn1. The minimum atomic E-state index is -0.0378. The molecule has 3 aromatic rings. The van der Waals surface area contributed by atoms with Crippen molar-refractivity contribution in [1.29, 1.82) is 0 Å². The molecule has 1 aromatic carbocycles. The minimum absolute atomic E-state index is 0.0378. The van der Waals surface area contributed by atoms with Gasteiger partial charge in [-0.3, -0.25) is 4.98 Å². The van der Waals surface area contributed by atoms with Gasteiger partial charge in [-0.25, -0.2) is 0 Å². The van der Waals surface area contributed by atoms with E-state index in [9.17, 15) is 0 Å². The van der Waals surface area contributed by atoms with Crippen LogP contribution in [0.1, 0.15) is 17.3 Å². The van der Waals surface area contributed by atoms with Crippen molar-refractivity contribution in [1.82, 2.24) is 4.98 Å². The second kappa shape index (κ2) is 4.88. The number of nitrogens with zero attached hydrogens (tertiary/aromatic N) is 1. The monoisotopic (exact) mass is 254 g/mol. The van der Waals surface area contributed by atoms with Crippen molar-refractivity contribution in [3.8, 4) is 0 Å².